The van der Waals surface area contributed by atoms with Gasteiger partial charge in [0.25, 0.3) is 5.69 Å². The van der Waals surface area contributed by atoms with Gasteiger partial charge >= 0.3 is 0 Å². The molecular weight excluding hydrogens is 232 g/mol. The molecule has 0 bridgehead atoms. The number of non-ortho nitro benzene ring substituents is 1. The predicted octanol–water partition coefficient (Wildman–Crippen LogP) is 1.80. The lowest BCUT2D eigenvalue weighted by Crippen LogP contribution is -2.36. The van der Waals surface area contributed by atoms with Crippen LogP contribution in [0.5, 0.6) is 0 Å². The van der Waals surface area contributed by atoms with Crippen LogP contribution in [0.25, 0.3) is 0 Å². The summed E-state index contributed by atoms with van der Waals surface area (Å²) in [4.78, 5) is 12.5. The summed E-state index contributed by atoms with van der Waals surface area (Å²) < 4.78 is 0. The van der Waals surface area contributed by atoms with Gasteiger partial charge in [0, 0.05) is 31.8 Å². The lowest BCUT2D eigenvalue weighted by atomic mass is 9.98. The molecule has 0 spiro atoms. The number of aliphatic hydroxyl groups is 1. The largest absolute Gasteiger partial charge is 0.396 e. The summed E-state index contributed by atoms with van der Waals surface area (Å²) in [7, 11) is 0. The van der Waals surface area contributed by atoms with Gasteiger partial charge in [0.2, 0.25) is 0 Å². The third-order valence-electron chi connectivity index (χ3n) is 3.41. The fourth-order valence-corrected chi connectivity index (χ4v) is 2.43. The second-order valence-corrected chi connectivity index (χ2v) is 4.85. The molecule has 98 valence electrons. The maximum Gasteiger partial charge on any atom is 0.269 e. The van der Waals surface area contributed by atoms with Crippen molar-refractivity contribution >= 4 is 5.69 Å². The van der Waals surface area contributed by atoms with Crippen LogP contribution in [0.1, 0.15) is 18.4 Å². The van der Waals surface area contributed by atoms with E-state index in [1.54, 1.807) is 24.3 Å². The van der Waals surface area contributed by atoms with Crippen LogP contribution in [-0.4, -0.2) is 34.6 Å². The van der Waals surface area contributed by atoms with Crippen LogP contribution in [-0.2, 0) is 6.54 Å². The zero-order valence-electron chi connectivity index (χ0n) is 10.3. The van der Waals surface area contributed by atoms with Gasteiger partial charge in [0.05, 0.1) is 4.92 Å². The summed E-state index contributed by atoms with van der Waals surface area (Å²) >= 11 is 0. The van der Waals surface area contributed by atoms with E-state index in [1.165, 1.54) is 0 Å². The van der Waals surface area contributed by atoms with Crippen LogP contribution >= 0.6 is 0 Å². The Kier molecular flexibility index (Phi) is 4.28. The van der Waals surface area contributed by atoms with Crippen LogP contribution in [0.2, 0.25) is 0 Å². The average Bonchev–Trinajstić information content (AvgIpc) is 2.39. The van der Waals surface area contributed by atoms with Gasteiger partial charge < -0.3 is 5.11 Å². The van der Waals surface area contributed by atoms with Gasteiger partial charge in [0.15, 0.2) is 0 Å². The molecule has 2 rings (SSSR count). The van der Waals surface area contributed by atoms with Crippen LogP contribution in [0.3, 0.4) is 0 Å². The molecule has 1 atom stereocenters. The van der Waals surface area contributed by atoms with Gasteiger partial charge in [-0.05, 0) is 30.9 Å². The van der Waals surface area contributed by atoms with E-state index in [2.05, 4.69) is 4.90 Å². The molecule has 1 saturated heterocycles. The number of aliphatic hydroxyl groups excluding tert-OH is 1. The van der Waals surface area contributed by atoms with E-state index in [-0.39, 0.29) is 17.2 Å². The maximum atomic E-state index is 10.6. The highest BCUT2D eigenvalue weighted by Gasteiger charge is 2.19. The highest BCUT2D eigenvalue weighted by atomic mass is 16.6. The summed E-state index contributed by atoms with van der Waals surface area (Å²) in [5.74, 6) is 0.372. The van der Waals surface area contributed by atoms with Crippen LogP contribution in [0.15, 0.2) is 24.3 Å². The van der Waals surface area contributed by atoms with Gasteiger partial charge in [-0.1, -0.05) is 12.1 Å². The molecule has 18 heavy (non-hydrogen) atoms. The van der Waals surface area contributed by atoms with Gasteiger partial charge in [-0.15, -0.1) is 0 Å². The Bertz CT molecular complexity index is 405. The summed E-state index contributed by atoms with van der Waals surface area (Å²) in [6.07, 6.45) is 2.20. The molecular formula is C13H18N2O3. The molecule has 1 aliphatic rings. The molecule has 0 aromatic heterocycles. The van der Waals surface area contributed by atoms with Gasteiger partial charge in [0.1, 0.15) is 0 Å². The van der Waals surface area contributed by atoms with Crippen LogP contribution < -0.4 is 0 Å². The van der Waals surface area contributed by atoms with Crippen molar-refractivity contribution in [1.82, 2.24) is 4.90 Å². The lowest BCUT2D eigenvalue weighted by molar-refractivity contribution is -0.384. The van der Waals surface area contributed by atoms with E-state index in [0.29, 0.717) is 5.92 Å². The van der Waals surface area contributed by atoms with Crippen LogP contribution in [0.4, 0.5) is 5.69 Å². The van der Waals surface area contributed by atoms with Gasteiger partial charge in [-0.2, -0.15) is 0 Å². The Morgan fingerprint density at radius 3 is 2.72 bits per heavy atom. The number of nitro groups is 1. The molecule has 0 saturated carbocycles. The first kappa shape index (κ1) is 13.0. The second-order valence-electron chi connectivity index (χ2n) is 4.85. The zero-order chi connectivity index (χ0) is 13.0. The quantitative estimate of drug-likeness (QED) is 0.653. The number of hydrogen-bond acceptors (Lipinski definition) is 4. The molecule has 1 aliphatic heterocycles. The molecule has 0 amide bonds. The highest BCUT2D eigenvalue weighted by molar-refractivity contribution is 5.32. The number of hydrogen-bond donors (Lipinski definition) is 1. The van der Waals surface area contributed by atoms with E-state index < -0.39 is 0 Å². The normalized spacial score (nSPS) is 20.8. The minimum atomic E-state index is -0.382. The van der Waals surface area contributed by atoms with E-state index in [9.17, 15) is 15.2 Å². The third-order valence-corrected chi connectivity index (χ3v) is 3.41. The Hall–Kier alpha value is -1.46. The number of likely N-dealkylation sites (tertiary alicyclic amines) is 1. The SMILES string of the molecule is O=[N+]([O-])c1ccc(CN2CCC[C@H](CO)C2)cc1. The van der Waals surface area contributed by atoms with Crippen molar-refractivity contribution in [2.24, 2.45) is 5.92 Å². The topological polar surface area (TPSA) is 66.6 Å². The number of piperidine rings is 1. The first-order valence-corrected chi connectivity index (χ1v) is 6.25. The average molecular weight is 250 g/mol. The standard InChI is InChI=1S/C13H18N2O3/c16-10-12-2-1-7-14(9-12)8-11-3-5-13(6-4-11)15(17)18/h3-6,12,16H,1-2,7-10H2/t12-/m0/s1. The molecule has 5 nitrogen and oxygen atoms in total. The molecule has 0 aliphatic carbocycles. The number of nitro benzene ring substituents is 1. The molecule has 0 unspecified atom stereocenters. The summed E-state index contributed by atoms with van der Waals surface area (Å²) in [5.41, 5.74) is 1.21. The monoisotopic (exact) mass is 250 g/mol. The molecule has 1 aromatic carbocycles. The van der Waals surface area contributed by atoms with E-state index in [0.717, 1.165) is 38.0 Å². The first-order chi connectivity index (χ1) is 8.69. The van der Waals surface area contributed by atoms with Crippen molar-refractivity contribution in [3.63, 3.8) is 0 Å². The van der Waals surface area contributed by atoms with Crippen molar-refractivity contribution in [3.05, 3.63) is 39.9 Å². The molecule has 1 fully saturated rings. The van der Waals surface area contributed by atoms with Crippen LogP contribution in [0, 0.1) is 16.0 Å². The summed E-state index contributed by atoms with van der Waals surface area (Å²) in [6.45, 7) is 2.99. The summed E-state index contributed by atoms with van der Waals surface area (Å²) in [5, 5.41) is 19.7. The fourth-order valence-electron chi connectivity index (χ4n) is 2.43. The minimum Gasteiger partial charge on any atom is -0.396 e. The molecule has 0 radical (unpaired) electrons. The van der Waals surface area contributed by atoms with Crippen molar-refractivity contribution in [1.29, 1.82) is 0 Å². The first-order valence-electron chi connectivity index (χ1n) is 6.25. The predicted molar refractivity (Wildman–Crippen MR) is 68.2 cm³/mol. The lowest BCUT2D eigenvalue weighted by Gasteiger charge is -2.31. The second kappa shape index (κ2) is 5.93. The number of nitrogens with zero attached hydrogens (tertiary/aromatic N) is 2. The highest BCUT2D eigenvalue weighted by Crippen LogP contribution is 2.19. The van der Waals surface area contributed by atoms with Gasteiger partial charge in [-0.25, -0.2) is 0 Å². The maximum absolute atomic E-state index is 10.6. The van der Waals surface area contributed by atoms with E-state index in [1.807, 2.05) is 0 Å². The summed E-state index contributed by atoms with van der Waals surface area (Å²) in [6, 6.07) is 6.70. The van der Waals surface area contributed by atoms with Crippen molar-refractivity contribution in [2.45, 2.75) is 19.4 Å². The number of rotatable bonds is 4. The molecule has 5 heteroatoms. The Morgan fingerprint density at radius 1 is 1.39 bits per heavy atom. The molecule has 1 N–H and O–H groups in total. The Morgan fingerprint density at radius 2 is 2.11 bits per heavy atom. The third kappa shape index (κ3) is 3.27. The van der Waals surface area contributed by atoms with Crippen molar-refractivity contribution in [2.75, 3.05) is 19.7 Å². The Labute approximate surface area is 106 Å². The van der Waals surface area contributed by atoms with E-state index in [4.69, 9.17) is 0 Å². The van der Waals surface area contributed by atoms with Gasteiger partial charge in [-0.3, -0.25) is 15.0 Å². The fraction of sp³-hybridized carbons (Fsp3) is 0.538. The minimum absolute atomic E-state index is 0.130. The van der Waals surface area contributed by atoms with Crippen molar-refractivity contribution in [3.8, 4) is 0 Å². The Balaban J connectivity index is 1.94. The van der Waals surface area contributed by atoms with E-state index >= 15 is 0 Å². The molecule has 1 aromatic rings. The smallest absolute Gasteiger partial charge is 0.269 e. The molecule has 1 heterocycles. The number of benzene rings is 1. The van der Waals surface area contributed by atoms with Crippen molar-refractivity contribution < 1.29 is 10.0 Å². The zero-order valence-corrected chi connectivity index (χ0v) is 10.3.